The molecule has 0 aromatic heterocycles. The van der Waals surface area contributed by atoms with E-state index in [-0.39, 0.29) is 16.9 Å². The molecule has 2 rings (SSSR count). The number of amides is 3. The number of anilines is 1. The maximum absolute atomic E-state index is 12.2. The van der Waals surface area contributed by atoms with Gasteiger partial charge in [0.2, 0.25) is 5.91 Å². The Hall–Kier alpha value is -2.53. The summed E-state index contributed by atoms with van der Waals surface area (Å²) < 4.78 is 0.788. The molecule has 0 bridgehead atoms. The highest BCUT2D eigenvalue weighted by Gasteiger charge is 2.12. The average Bonchev–Trinajstić information content (AvgIpc) is 2.67. The molecule has 0 radical (unpaired) electrons. The third kappa shape index (κ3) is 6.57. The van der Waals surface area contributed by atoms with Crippen LogP contribution in [0.25, 0.3) is 0 Å². The van der Waals surface area contributed by atoms with Crippen molar-refractivity contribution in [3.8, 4) is 0 Å². The molecule has 146 valence electrons. The van der Waals surface area contributed by atoms with Crippen molar-refractivity contribution >= 4 is 63.3 Å². The van der Waals surface area contributed by atoms with Gasteiger partial charge in [0, 0.05) is 21.2 Å². The minimum absolute atomic E-state index is 0.0264. The second-order valence-electron chi connectivity index (χ2n) is 5.72. The van der Waals surface area contributed by atoms with E-state index in [0.29, 0.717) is 23.2 Å². The van der Waals surface area contributed by atoms with Gasteiger partial charge >= 0.3 is 0 Å². The van der Waals surface area contributed by atoms with Crippen molar-refractivity contribution in [1.29, 1.82) is 0 Å². The SMILES string of the molecule is CCCC(=O)Nc1ccc(C(=O)NNC(=S)NC(=O)c2ccccc2I)cc1. The number of hydrogen-bond donors (Lipinski definition) is 4. The largest absolute Gasteiger partial charge is 0.326 e. The predicted molar refractivity (Wildman–Crippen MR) is 120 cm³/mol. The van der Waals surface area contributed by atoms with Crippen LogP contribution in [0.2, 0.25) is 0 Å². The molecule has 0 unspecified atom stereocenters. The third-order valence-corrected chi connectivity index (χ3v) is 4.69. The number of rotatable bonds is 5. The lowest BCUT2D eigenvalue weighted by molar-refractivity contribution is -0.116. The van der Waals surface area contributed by atoms with Crippen molar-refractivity contribution in [2.75, 3.05) is 5.32 Å². The van der Waals surface area contributed by atoms with Gasteiger partial charge in [0.15, 0.2) is 5.11 Å². The third-order valence-electron chi connectivity index (χ3n) is 3.54. The quantitative estimate of drug-likeness (QED) is 0.282. The molecule has 2 aromatic rings. The molecule has 28 heavy (non-hydrogen) atoms. The minimum atomic E-state index is -0.433. The van der Waals surface area contributed by atoms with Crippen molar-refractivity contribution < 1.29 is 14.4 Å². The lowest BCUT2D eigenvalue weighted by atomic mass is 10.2. The van der Waals surface area contributed by atoms with E-state index in [1.165, 1.54) is 0 Å². The van der Waals surface area contributed by atoms with Crippen LogP contribution >= 0.6 is 34.8 Å². The maximum atomic E-state index is 12.2. The number of nitrogens with one attached hydrogen (secondary N) is 4. The highest BCUT2D eigenvalue weighted by Crippen LogP contribution is 2.11. The highest BCUT2D eigenvalue weighted by molar-refractivity contribution is 14.1. The van der Waals surface area contributed by atoms with Crippen LogP contribution < -0.4 is 21.5 Å². The number of hydrazine groups is 1. The first-order valence-electron chi connectivity index (χ1n) is 8.46. The van der Waals surface area contributed by atoms with Crippen LogP contribution in [0.4, 0.5) is 5.69 Å². The van der Waals surface area contributed by atoms with Gasteiger partial charge in [-0.3, -0.25) is 30.6 Å². The summed E-state index contributed by atoms with van der Waals surface area (Å²) in [7, 11) is 0. The molecular weight excluding hydrogens is 491 g/mol. The zero-order chi connectivity index (χ0) is 20.5. The summed E-state index contributed by atoms with van der Waals surface area (Å²) in [6.45, 7) is 1.92. The number of halogens is 1. The van der Waals surface area contributed by atoms with E-state index < -0.39 is 5.91 Å². The van der Waals surface area contributed by atoms with Gasteiger partial charge < -0.3 is 5.32 Å². The predicted octanol–water partition coefficient (Wildman–Crippen LogP) is 2.98. The summed E-state index contributed by atoms with van der Waals surface area (Å²) in [4.78, 5) is 35.9. The van der Waals surface area contributed by atoms with E-state index in [0.717, 1.165) is 9.99 Å². The van der Waals surface area contributed by atoms with Gasteiger partial charge in [-0.05, 0) is 77.6 Å². The summed E-state index contributed by atoms with van der Waals surface area (Å²) in [5.41, 5.74) is 6.38. The van der Waals surface area contributed by atoms with Crippen LogP contribution in [0.1, 0.15) is 40.5 Å². The minimum Gasteiger partial charge on any atom is -0.326 e. The van der Waals surface area contributed by atoms with E-state index in [1.54, 1.807) is 36.4 Å². The molecule has 0 atom stereocenters. The fourth-order valence-electron chi connectivity index (χ4n) is 2.19. The number of thiocarbonyl (C=S) groups is 1. The van der Waals surface area contributed by atoms with E-state index in [2.05, 4.69) is 44.1 Å². The molecule has 2 aromatic carbocycles. The lowest BCUT2D eigenvalue weighted by Gasteiger charge is -2.12. The normalized spacial score (nSPS) is 9.93. The van der Waals surface area contributed by atoms with E-state index in [1.807, 2.05) is 19.1 Å². The van der Waals surface area contributed by atoms with E-state index in [4.69, 9.17) is 12.2 Å². The van der Waals surface area contributed by atoms with Crippen LogP contribution in [-0.2, 0) is 4.79 Å². The molecule has 0 heterocycles. The Morgan fingerprint density at radius 3 is 2.29 bits per heavy atom. The van der Waals surface area contributed by atoms with E-state index in [9.17, 15) is 14.4 Å². The molecule has 0 fully saturated rings. The standard InChI is InChI=1S/C19H19IN4O3S/c1-2-5-16(25)21-13-10-8-12(9-11-13)17(26)23-24-19(28)22-18(27)14-6-3-4-7-15(14)20/h3-4,6-11H,2,5H2,1H3,(H,21,25)(H,23,26)(H2,22,24,27,28). The van der Waals surface area contributed by atoms with Crippen molar-refractivity contribution in [3.05, 3.63) is 63.2 Å². The van der Waals surface area contributed by atoms with E-state index >= 15 is 0 Å². The molecule has 0 aliphatic rings. The number of hydrogen-bond acceptors (Lipinski definition) is 4. The summed E-state index contributed by atoms with van der Waals surface area (Å²) in [5, 5.41) is 5.22. The van der Waals surface area contributed by atoms with Crippen LogP contribution in [0, 0.1) is 3.57 Å². The Labute approximate surface area is 181 Å². The van der Waals surface area contributed by atoms with Crippen LogP contribution in [0.15, 0.2) is 48.5 Å². The monoisotopic (exact) mass is 510 g/mol. The summed E-state index contributed by atoms with van der Waals surface area (Å²) in [5.74, 6) is -0.878. The Bertz CT molecular complexity index is 887. The van der Waals surface area contributed by atoms with Gasteiger partial charge in [-0.25, -0.2) is 0 Å². The molecule has 4 N–H and O–H groups in total. The molecular formula is C19H19IN4O3S. The van der Waals surface area contributed by atoms with Gasteiger partial charge in [-0.15, -0.1) is 0 Å². The molecule has 0 saturated heterocycles. The summed E-state index contributed by atoms with van der Waals surface area (Å²) in [6, 6.07) is 13.5. The zero-order valence-electron chi connectivity index (χ0n) is 15.0. The first kappa shape index (κ1) is 21.8. The molecule has 0 aliphatic heterocycles. The fraction of sp³-hybridized carbons (Fsp3) is 0.158. The van der Waals surface area contributed by atoms with Gasteiger partial charge in [-0.2, -0.15) is 0 Å². The second-order valence-corrected chi connectivity index (χ2v) is 7.29. The first-order valence-corrected chi connectivity index (χ1v) is 9.95. The summed E-state index contributed by atoms with van der Waals surface area (Å²) in [6.07, 6.45) is 1.20. The Balaban J connectivity index is 1.84. The smallest absolute Gasteiger partial charge is 0.269 e. The Kier molecular flexibility index (Phi) is 8.33. The van der Waals surface area contributed by atoms with Gasteiger partial charge in [0.05, 0.1) is 5.56 Å². The van der Waals surface area contributed by atoms with Gasteiger partial charge in [0.25, 0.3) is 11.8 Å². The number of benzene rings is 2. The number of carbonyl (C=O) groups is 3. The van der Waals surface area contributed by atoms with Crippen LogP contribution in [0.5, 0.6) is 0 Å². The highest BCUT2D eigenvalue weighted by atomic mass is 127. The Morgan fingerprint density at radius 2 is 1.64 bits per heavy atom. The Morgan fingerprint density at radius 1 is 0.964 bits per heavy atom. The van der Waals surface area contributed by atoms with Crippen molar-refractivity contribution in [2.45, 2.75) is 19.8 Å². The lowest BCUT2D eigenvalue weighted by Crippen LogP contribution is -2.48. The fourth-order valence-corrected chi connectivity index (χ4v) is 2.96. The molecule has 7 nitrogen and oxygen atoms in total. The van der Waals surface area contributed by atoms with Crippen LogP contribution in [-0.4, -0.2) is 22.8 Å². The molecule has 0 aliphatic carbocycles. The van der Waals surface area contributed by atoms with Gasteiger partial charge in [0.1, 0.15) is 0 Å². The van der Waals surface area contributed by atoms with Crippen molar-refractivity contribution in [2.24, 2.45) is 0 Å². The second kappa shape index (κ2) is 10.7. The molecule has 0 spiro atoms. The topological polar surface area (TPSA) is 99.3 Å². The molecule has 0 saturated carbocycles. The molecule has 3 amide bonds. The number of carbonyl (C=O) groups excluding carboxylic acids is 3. The average molecular weight is 510 g/mol. The molecule has 9 heteroatoms. The van der Waals surface area contributed by atoms with Crippen molar-refractivity contribution in [3.63, 3.8) is 0 Å². The summed E-state index contributed by atoms with van der Waals surface area (Å²) >= 11 is 7.08. The zero-order valence-corrected chi connectivity index (χ0v) is 18.0. The van der Waals surface area contributed by atoms with Crippen LogP contribution in [0.3, 0.4) is 0 Å². The van der Waals surface area contributed by atoms with Crippen molar-refractivity contribution in [1.82, 2.24) is 16.2 Å². The maximum Gasteiger partial charge on any atom is 0.269 e. The first-order chi connectivity index (χ1) is 13.4. The van der Waals surface area contributed by atoms with Gasteiger partial charge in [-0.1, -0.05) is 19.1 Å².